The van der Waals surface area contributed by atoms with E-state index in [9.17, 15) is 4.79 Å². The number of piperidine rings is 2. The molecule has 3 aliphatic heterocycles. The molecule has 3 atom stereocenters. The highest BCUT2D eigenvalue weighted by molar-refractivity contribution is 5.68. The maximum absolute atomic E-state index is 12.2. The van der Waals surface area contributed by atoms with E-state index in [2.05, 4.69) is 23.1 Å². The highest BCUT2D eigenvalue weighted by Gasteiger charge is 2.44. The van der Waals surface area contributed by atoms with Crippen LogP contribution < -0.4 is 4.74 Å². The second-order valence-electron chi connectivity index (χ2n) is 7.19. The molecule has 0 N–H and O–H groups in total. The summed E-state index contributed by atoms with van der Waals surface area (Å²) in [5.41, 5.74) is 2.81. The van der Waals surface area contributed by atoms with Gasteiger partial charge < -0.3 is 14.4 Å². The Morgan fingerprint density at radius 1 is 1.25 bits per heavy atom. The molecule has 1 aromatic rings. The predicted molar refractivity (Wildman–Crippen MR) is 91.3 cm³/mol. The highest BCUT2D eigenvalue weighted by Crippen LogP contribution is 2.43. The van der Waals surface area contributed by atoms with Crippen LogP contribution in [0.5, 0.6) is 5.75 Å². The van der Waals surface area contributed by atoms with Crippen molar-refractivity contribution < 1.29 is 14.3 Å². The smallest absolute Gasteiger partial charge is 0.409 e. The summed E-state index contributed by atoms with van der Waals surface area (Å²) in [6, 6.07) is 7.17. The topological polar surface area (TPSA) is 42.0 Å². The first kappa shape index (κ1) is 15.8. The number of hydrogen-bond donors (Lipinski definition) is 0. The summed E-state index contributed by atoms with van der Waals surface area (Å²) in [4.78, 5) is 16.8. The predicted octanol–water partition coefficient (Wildman–Crippen LogP) is 2.85. The van der Waals surface area contributed by atoms with Crippen LogP contribution in [0.2, 0.25) is 0 Å². The SMILES string of the molecule is COC(=O)N1CCCC2CN3CCc4cc(OC)ccc4C3CC21. The van der Waals surface area contributed by atoms with Crippen molar-refractivity contribution in [1.82, 2.24) is 9.80 Å². The number of ether oxygens (including phenoxy) is 2. The van der Waals surface area contributed by atoms with Crippen molar-refractivity contribution in [3.8, 4) is 5.75 Å². The molecule has 130 valence electrons. The summed E-state index contributed by atoms with van der Waals surface area (Å²) < 4.78 is 10.4. The number of hydrogen-bond acceptors (Lipinski definition) is 4. The van der Waals surface area contributed by atoms with E-state index in [0.29, 0.717) is 18.0 Å². The summed E-state index contributed by atoms with van der Waals surface area (Å²) in [7, 11) is 3.21. The fourth-order valence-electron chi connectivity index (χ4n) is 4.90. The Morgan fingerprint density at radius 3 is 2.92 bits per heavy atom. The van der Waals surface area contributed by atoms with Gasteiger partial charge in [-0.05, 0) is 54.9 Å². The van der Waals surface area contributed by atoms with Crippen LogP contribution in [0.3, 0.4) is 0 Å². The zero-order valence-corrected chi connectivity index (χ0v) is 14.5. The second-order valence-corrected chi connectivity index (χ2v) is 7.19. The normalized spacial score (nSPS) is 29.2. The van der Waals surface area contributed by atoms with Gasteiger partial charge in [0.15, 0.2) is 0 Å². The quantitative estimate of drug-likeness (QED) is 0.794. The minimum Gasteiger partial charge on any atom is -0.497 e. The Kier molecular flexibility index (Phi) is 4.12. The monoisotopic (exact) mass is 330 g/mol. The van der Waals surface area contributed by atoms with Crippen LogP contribution >= 0.6 is 0 Å². The molecule has 1 amide bonds. The van der Waals surface area contributed by atoms with E-state index in [1.54, 1.807) is 7.11 Å². The first-order valence-electron chi connectivity index (χ1n) is 8.96. The largest absolute Gasteiger partial charge is 0.497 e. The molecule has 24 heavy (non-hydrogen) atoms. The molecule has 0 bridgehead atoms. The maximum atomic E-state index is 12.2. The van der Waals surface area contributed by atoms with Crippen molar-refractivity contribution in [1.29, 1.82) is 0 Å². The average molecular weight is 330 g/mol. The van der Waals surface area contributed by atoms with Gasteiger partial charge in [0.1, 0.15) is 5.75 Å². The van der Waals surface area contributed by atoms with E-state index in [4.69, 9.17) is 9.47 Å². The Morgan fingerprint density at radius 2 is 2.12 bits per heavy atom. The molecule has 5 heteroatoms. The van der Waals surface area contributed by atoms with Crippen molar-refractivity contribution in [2.45, 2.75) is 37.8 Å². The molecule has 5 nitrogen and oxygen atoms in total. The lowest BCUT2D eigenvalue weighted by atomic mass is 9.77. The third kappa shape index (κ3) is 2.55. The molecule has 0 aliphatic carbocycles. The van der Waals surface area contributed by atoms with Gasteiger partial charge in [0, 0.05) is 31.7 Å². The molecular formula is C19H26N2O3. The molecular weight excluding hydrogens is 304 g/mol. The van der Waals surface area contributed by atoms with E-state index in [1.165, 1.54) is 24.7 Å². The van der Waals surface area contributed by atoms with Gasteiger partial charge in [-0.3, -0.25) is 4.90 Å². The number of methoxy groups -OCH3 is 2. The third-order valence-electron chi connectivity index (χ3n) is 6.08. The van der Waals surface area contributed by atoms with Crippen LogP contribution in [0, 0.1) is 5.92 Å². The Labute approximate surface area is 143 Å². The number of likely N-dealkylation sites (tertiary alicyclic amines) is 1. The van der Waals surface area contributed by atoms with Gasteiger partial charge in [-0.25, -0.2) is 4.79 Å². The van der Waals surface area contributed by atoms with Gasteiger partial charge in [-0.2, -0.15) is 0 Å². The highest BCUT2D eigenvalue weighted by atomic mass is 16.5. The first-order valence-corrected chi connectivity index (χ1v) is 8.96. The number of carbonyl (C=O) groups is 1. The molecule has 2 saturated heterocycles. The minimum atomic E-state index is -0.163. The second kappa shape index (κ2) is 6.28. The molecule has 2 fully saturated rings. The Balaban J connectivity index is 1.62. The summed E-state index contributed by atoms with van der Waals surface area (Å²) in [6.45, 7) is 3.02. The van der Waals surface area contributed by atoms with E-state index < -0.39 is 0 Å². The number of rotatable bonds is 1. The van der Waals surface area contributed by atoms with Crippen molar-refractivity contribution >= 4 is 6.09 Å². The van der Waals surface area contributed by atoms with Crippen LogP contribution in [-0.2, 0) is 11.2 Å². The van der Waals surface area contributed by atoms with Crippen molar-refractivity contribution in [3.05, 3.63) is 29.3 Å². The van der Waals surface area contributed by atoms with Gasteiger partial charge in [0.05, 0.1) is 14.2 Å². The molecule has 0 saturated carbocycles. The van der Waals surface area contributed by atoms with E-state index in [1.807, 2.05) is 4.90 Å². The van der Waals surface area contributed by atoms with Gasteiger partial charge >= 0.3 is 6.09 Å². The van der Waals surface area contributed by atoms with Crippen molar-refractivity contribution in [3.63, 3.8) is 0 Å². The molecule has 3 unspecified atom stereocenters. The van der Waals surface area contributed by atoms with Crippen molar-refractivity contribution in [2.24, 2.45) is 5.92 Å². The van der Waals surface area contributed by atoms with Crippen LogP contribution in [-0.4, -0.2) is 55.8 Å². The molecule has 0 spiro atoms. The lowest BCUT2D eigenvalue weighted by Crippen LogP contribution is -2.57. The Hall–Kier alpha value is -1.75. The van der Waals surface area contributed by atoms with Crippen LogP contribution in [0.1, 0.15) is 36.4 Å². The first-order chi connectivity index (χ1) is 11.7. The number of nitrogens with zero attached hydrogens (tertiary/aromatic N) is 2. The molecule has 0 aromatic heterocycles. The number of carbonyl (C=O) groups excluding carboxylic acids is 1. The number of amides is 1. The van der Waals surface area contributed by atoms with Gasteiger partial charge in [-0.15, -0.1) is 0 Å². The van der Waals surface area contributed by atoms with Gasteiger partial charge in [0.2, 0.25) is 0 Å². The van der Waals surface area contributed by atoms with Crippen LogP contribution in [0.15, 0.2) is 18.2 Å². The lowest BCUT2D eigenvalue weighted by Gasteiger charge is -2.51. The molecule has 3 aliphatic rings. The number of fused-ring (bicyclic) bond motifs is 4. The minimum absolute atomic E-state index is 0.163. The van der Waals surface area contributed by atoms with Crippen molar-refractivity contribution in [2.75, 3.05) is 33.9 Å². The van der Waals surface area contributed by atoms with Gasteiger partial charge in [-0.1, -0.05) is 6.07 Å². The summed E-state index contributed by atoms with van der Waals surface area (Å²) in [5, 5.41) is 0. The fraction of sp³-hybridized carbons (Fsp3) is 0.632. The third-order valence-corrected chi connectivity index (χ3v) is 6.08. The van der Waals surface area contributed by atoms with E-state index >= 15 is 0 Å². The van der Waals surface area contributed by atoms with Crippen LogP contribution in [0.25, 0.3) is 0 Å². The molecule has 0 radical (unpaired) electrons. The zero-order chi connectivity index (χ0) is 16.7. The Bertz CT molecular complexity index is 633. The lowest BCUT2D eigenvalue weighted by molar-refractivity contribution is -0.00842. The maximum Gasteiger partial charge on any atom is 0.409 e. The van der Waals surface area contributed by atoms with E-state index in [-0.39, 0.29) is 6.09 Å². The average Bonchev–Trinajstić information content (AvgIpc) is 2.64. The fourth-order valence-corrected chi connectivity index (χ4v) is 4.90. The summed E-state index contributed by atoms with van der Waals surface area (Å²) >= 11 is 0. The summed E-state index contributed by atoms with van der Waals surface area (Å²) in [6.07, 6.45) is 4.24. The molecule has 3 heterocycles. The van der Waals surface area contributed by atoms with E-state index in [0.717, 1.165) is 44.6 Å². The standard InChI is InChI=1S/C19H26N2O3/c1-23-15-5-6-16-13(10-15)7-9-20-12-14-4-3-8-21(19(22)24-2)17(14)11-18(16)20/h5-6,10,14,17-18H,3-4,7-9,11-12H2,1-2H3. The number of benzene rings is 1. The zero-order valence-electron chi connectivity index (χ0n) is 14.5. The summed E-state index contributed by atoms with van der Waals surface area (Å²) in [5.74, 6) is 1.51. The van der Waals surface area contributed by atoms with Gasteiger partial charge in [0.25, 0.3) is 0 Å². The van der Waals surface area contributed by atoms with Crippen LogP contribution in [0.4, 0.5) is 4.79 Å². The molecule has 4 rings (SSSR count). The molecule has 1 aromatic carbocycles.